The van der Waals surface area contributed by atoms with Gasteiger partial charge in [-0.1, -0.05) is 402 Å². The van der Waals surface area contributed by atoms with E-state index in [1.807, 2.05) is 231 Å². The molecule has 18 aromatic carbocycles. The van der Waals surface area contributed by atoms with Crippen LogP contribution in [-0.2, 0) is 9.31 Å². The van der Waals surface area contributed by atoms with Crippen LogP contribution < -0.4 is 16.5 Å². The van der Waals surface area contributed by atoms with Crippen LogP contribution in [0.5, 0.6) is 0 Å². The summed E-state index contributed by atoms with van der Waals surface area (Å²) < 4.78 is 16.0. The van der Waals surface area contributed by atoms with Crippen LogP contribution in [0.3, 0.4) is 0 Å². The number of amides is 1. The number of nitrogens with zero attached hydrogens (tertiary/aromatic N) is 2. The Morgan fingerprint density at radius 3 is 1.05 bits per heavy atom. The van der Waals surface area contributed by atoms with Crippen LogP contribution in [0.25, 0.3) is 144 Å². The van der Waals surface area contributed by atoms with Gasteiger partial charge < -0.3 is 20.4 Å². The number of halogens is 7. The molecule has 0 bridgehead atoms. The van der Waals surface area contributed by atoms with E-state index in [1.165, 1.54) is 41.1 Å². The summed E-state index contributed by atoms with van der Waals surface area (Å²) in [4.78, 5) is 22.7. The highest BCUT2D eigenvalue weighted by molar-refractivity contribution is 14.1. The molecule has 2 aromatic heterocycles. The van der Waals surface area contributed by atoms with Gasteiger partial charge in [-0.05, 0) is 242 Å². The highest BCUT2D eigenvalue weighted by Crippen LogP contribution is 2.44. The van der Waals surface area contributed by atoms with Gasteiger partial charge in [0.05, 0.1) is 33.6 Å². The molecule has 0 atom stereocenters. The molecule has 0 aliphatic carbocycles. The molecule has 0 spiro atoms. The number of carbonyl (C=O) groups excluding carboxylic acids is 1. The van der Waals surface area contributed by atoms with E-state index in [4.69, 9.17) is 71.4 Å². The third-order valence-corrected chi connectivity index (χ3v) is 27.3. The van der Waals surface area contributed by atoms with Gasteiger partial charge in [0.25, 0.3) is 5.91 Å². The highest BCUT2D eigenvalue weighted by atomic mass is 127. The predicted molar refractivity (Wildman–Crippen MR) is 576 cm³/mol. The molecule has 20 aromatic rings. The zero-order valence-corrected chi connectivity index (χ0v) is 80.9. The van der Waals surface area contributed by atoms with Crippen LogP contribution in [0.2, 0.25) is 20.1 Å². The van der Waals surface area contributed by atoms with Gasteiger partial charge in [-0.2, -0.15) is 0 Å². The van der Waals surface area contributed by atoms with Crippen molar-refractivity contribution in [3.63, 3.8) is 0 Å². The summed E-state index contributed by atoms with van der Waals surface area (Å²) in [6, 6.07) is 148. The largest absolute Gasteiger partial charge is 0.494 e. The molecular formula is C117H88BBr2Cl4IN4O3. The fourth-order valence-electron chi connectivity index (χ4n) is 15.9. The second kappa shape index (κ2) is 43.2. The Kier molecular flexibility index (Phi) is 30.3. The van der Waals surface area contributed by atoms with Gasteiger partial charge in [0.1, 0.15) is 0 Å². The van der Waals surface area contributed by atoms with E-state index in [9.17, 15) is 4.79 Å². The van der Waals surface area contributed by atoms with Gasteiger partial charge in [-0.3, -0.25) is 4.79 Å². The molecular weight excluding hydrogens is 1950 g/mol. The zero-order chi connectivity index (χ0) is 91.7. The summed E-state index contributed by atoms with van der Waals surface area (Å²) in [5.41, 5.74) is 30.6. The highest BCUT2D eigenvalue weighted by Gasteiger charge is 2.51. The lowest BCUT2D eigenvalue weighted by atomic mass is 9.78. The van der Waals surface area contributed by atoms with E-state index in [-0.39, 0.29) is 24.2 Å². The molecule has 21 rings (SSSR count). The van der Waals surface area contributed by atoms with E-state index < -0.39 is 0 Å². The first-order chi connectivity index (χ1) is 64.2. The number of aromatic nitrogens is 2. The number of para-hydroxylation sites is 4. The number of nitrogens with one attached hydrogen (secondary N) is 1. The van der Waals surface area contributed by atoms with Crippen LogP contribution in [0.15, 0.2) is 452 Å². The summed E-state index contributed by atoms with van der Waals surface area (Å²) in [5.74, 6) is -0.128. The molecule has 1 fully saturated rings. The van der Waals surface area contributed by atoms with Gasteiger partial charge in [0.2, 0.25) is 0 Å². The van der Waals surface area contributed by atoms with Crippen molar-refractivity contribution in [2.75, 3.05) is 11.1 Å². The van der Waals surface area contributed by atoms with Crippen molar-refractivity contribution in [1.82, 2.24) is 9.97 Å². The second-order valence-corrected chi connectivity index (χ2v) is 36.9. The Labute approximate surface area is 821 Å². The number of carbonyl (C=O) groups is 1. The molecule has 0 radical (unpaired) electrons. The van der Waals surface area contributed by atoms with Crippen LogP contribution >= 0.6 is 101 Å². The summed E-state index contributed by atoms with van der Waals surface area (Å²) >= 11 is 33.1. The van der Waals surface area contributed by atoms with Crippen LogP contribution in [0.4, 0.5) is 11.4 Å². The molecule has 7 nitrogen and oxygen atoms in total. The Morgan fingerprint density at radius 2 is 0.629 bits per heavy atom. The van der Waals surface area contributed by atoms with Crippen LogP contribution in [0, 0.1) is 3.57 Å². The maximum atomic E-state index is 12.7. The monoisotopic (exact) mass is 2030 g/mol. The first kappa shape index (κ1) is 92.7. The van der Waals surface area contributed by atoms with Crippen molar-refractivity contribution < 1.29 is 14.1 Å². The minimum atomic E-state index is -0.365. The molecule has 132 heavy (non-hydrogen) atoms. The van der Waals surface area contributed by atoms with Crippen molar-refractivity contribution in [1.29, 1.82) is 0 Å². The molecule has 0 saturated carbocycles. The van der Waals surface area contributed by atoms with Crippen molar-refractivity contribution in [2.45, 2.75) is 38.9 Å². The first-order valence-corrected chi connectivity index (χ1v) is 47.3. The Morgan fingerprint density at radius 1 is 0.311 bits per heavy atom. The Balaban J connectivity index is 0.000000121. The Bertz CT molecular complexity index is 7380. The minimum absolute atomic E-state index is 0.128. The summed E-state index contributed by atoms with van der Waals surface area (Å²) in [5, 5.41) is 13.1. The van der Waals surface area contributed by atoms with E-state index in [2.05, 4.69) is 288 Å². The lowest BCUT2D eigenvalue weighted by molar-refractivity contribution is 0.00578. The number of hydrogen-bond acceptors (Lipinski definition) is 6. The van der Waals surface area contributed by atoms with E-state index in [0.29, 0.717) is 10.6 Å². The summed E-state index contributed by atoms with van der Waals surface area (Å²) in [7, 11) is -0.365. The van der Waals surface area contributed by atoms with Gasteiger partial charge in [0, 0.05) is 104 Å². The average Bonchev–Trinajstić information content (AvgIpc) is 0.821. The van der Waals surface area contributed by atoms with Crippen molar-refractivity contribution in [2.24, 2.45) is 0 Å². The predicted octanol–water partition coefficient (Wildman–Crippen LogP) is 34.4. The number of nitrogen functional groups attached to an aromatic ring is 1. The summed E-state index contributed by atoms with van der Waals surface area (Å²) in [6.07, 6.45) is 0. The molecule has 1 aliphatic rings. The fourth-order valence-corrected chi connectivity index (χ4v) is 17.6. The molecule has 1 saturated heterocycles. The van der Waals surface area contributed by atoms with Crippen molar-refractivity contribution in [3.05, 3.63) is 481 Å². The number of fused-ring (bicyclic) bond motifs is 6. The van der Waals surface area contributed by atoms with Gasteiger partial charge in [-0.25, -0.2) is 9.97 Å². The Hall–Kier alpha value is -12.6. The lowest BCUT2D eigenvalue weighted by Crippen LogP contribution is -2.41. The number of benzene rings is 18. The smallest absolute Gasteiger partial charge is 0.399 e. The van der Waals surface area contributed by atoms with Crippen molar-refractivity contribution >= 4 is 174 Å². The van der Waals surface area contributed by atoms with Crippen LogP contribution in [0.1, 0.15) is 38.1 Å². The van der Waals surface area contributed by atoms with Gasteiger partial charge in [0.15, 0.2) is 0 Å². The van der Waals surface area contributed by atoms with Crippen molar-refractivity contribution in [3.8, 4) is 100 Å². The lowest BCUT2D eigenvalue weighted by Gasteiger charge is -2.32. The van der Waals surface area contributed by atoms with E-state index in [1.54, 1.807) is 12.1 Å². The standard InChI is InChI=1S/C31H28BNO2.C25H18ClNO.C25H16ClN.C18H14ClN.C12H8BrCl.C6H4BrI/c1-30(2)31(3,4)35-32(34-30)23-19-17-21(18-20-23)24-14-10-15-26-28(24)25-13-8-9-16-27(25)33-29(26)22-11-6-5-7-12-22;26-20-16-14-18(15-17-20)21-10-4-5-11-22(21)23-12-6-7-13-24(23)27-25(28)19-8-2-1-3-9-19;26-19-15-13-17(14-16-19)20-10-6-11-22-24(20)21-9-4-5-12-23(21)27-25(22)18-7-2-1-3-8-18;19-14-11-9-13(10-12-14)15-5-1-2-6-16(15)17-7-3-4-8-18(17)20;13-12-4-2-1-3-11(12)9-5-7-10(14)8-6-9;7-5-3-1-2-4-6(5)8/h5-20H,1-4H3;1-17H,(H,27,28);1-16H;1-12H,20H2;1-8H;1-4H. The van der Waals surface area contributed by atoms with Gasteiger partial charge in [-0.15, -0.1) is 0 Å². The SMILES string of the molecule is Brc1ccccc1I.CC1(C)OB(c2ccc(-c3cccc4c(-c5ccccc5)nc5ccccc5c34)cc2)OC1(C)C.Clc1ccc(-c2cccc3c(-c4ccccc4)nc4ccccc4c23)cc1.Clc1ccc(-c2ccccc2Br)cc1.Nc1ccccc1-c1ccccc1-c1ccc(Cl)cc1.O=C(Nc1ccccc1-c1ccccc1-c1ccc(Cl)cc1)c1ccccc1. The molecule has 646 valence electrons. The number of hydrogen-bond donors (Lipinski definition) is 2. The van der Waals surface area contributed by atoms with E-state index >= 15 is 0 Å². The number of pyridine rings is 2. The maximum Gasteiger partial charge on any atom is 0.494 e. The summed E-state index contributed by atoms with van der Waals surface area (Å²) in [6.45, 7) is 8.34. The quantitative estimate of drug-likeness (QED) is 0.0547. The average molecular weight is 2040 g/mol. The molecule has 1 aliphatic heterocycles. The minimum Gasteiger partial charge on any atom is -0.399 e. The second-order valence-electron chi connectivity index (χ2n) is 32.3. The topological polar surface area (TPSA) is 99.4 Å². The van der Waals surface area contributed by atoms with E-state index in [0.717, 1.165) is 147 Å². The molecule has 3 N–H and O–H groups in total. The third kappa shape index (κ3) is 22.1. The number of anilines is 2. The fraction of sp³-hybridized carbons (Fsp3) is 0.0513. The first-order valence-electron chi connectivity index (χ1n) is 43.1. The number of rotatable bonds is 12. The molecule has 0 unspecified atom stereocenters. The maximum absolute atomic E-state index is 12.7. The molecule has 1 amide bonds. The third-order valence-electron chi connectivity index (χ3n) is 23.2. The van der Waals surface area contributed by atoms with Gasteiger partial charge >= 0.3 is 7.12 Å². The molecule has 3 heterocycles. The van der Waals surface area contributed by atoms with Crippen LogP contribution in [-0.4, -0.2) is 34.2 Å². The molecule has 15 heteroatoms. The number of nitrogens with two attached hydrogens (primary N) is 1. The normalized spacial score (nSPS) is 12.2. The zero-order valence-electron chi connectivity index (χ0n) is 72.6.